The molecule has 0 unspecified atom stereocenters. The molecule has 0 bridgehead atoms. The van der Waals surface area contributed by atoms with Crippen molar-refractivity contribution in [2.75, 3.05) is 13.1 Å². The molecule has 2 aliphatic rings. The standard InChI is InChI=1S/C18H24N4O2/c1-12(2)17-19-7-9-22(17)14-4-3-8-21(11-14)18(23)15-10-16(24-20-15)13-5-6-13/h7,9-10,12-14H,3-6,8,11H2,1-2H3/t14-/m1/s1. The molecule has 2 fully saturated rings. The summed E-state index contributed by atoms with van der Waals surface area (Å²) in [5.74, 6) is 2.80. The van der Waals surface area contributed by atoms with Crippen LogP contribution in [0.1, 0.15) is 79.5 Å². The van der Waals surface area contributed by atoms with Crippen LogP contribution in [-0.2, 0) is 0 Å². The summed E-state index contributed by atoms with van der Waals surface area (Å²) in [4.78, 5) is 19.2. The number of carbonyl (C=O) groups is 1. The number of likely N-dealkylation sites (tertiary alicyclic amines) is 1. The van der Waals surface area contributed by atoms with Gasteiger partial charge in [0.25, 0.3) is 5.91 Å². The van der Waals surface area contributed by atoms with Crippen LogP contribution in [0.3, 0.4) is 0 Å². The van der Waals surface area contributed by atoms with Gasteiger partial charge in [0.2, 0.25) is 0 Å². The fourth-order valence-corrected chi connectivity index (χ4v) is 3.56. The van der Waals surface area contributed by atoms with Gasteiger partial charge in [-0.1, -0.05) is 19.0 Å². The number of nitrogens with zero attached hydrogens (tertiary/aromatic N) is 4. The quantitative estimate of drug-likeness (QED) is 0.863. The van der Waals surface area contributed by atoms with Gasteiger partial charge in [-0.25, -0.2) is 4.98 Å². The number of imidazole rings is 1. The molecule has 1 aliphatic carbocycles. The van der Waals surface area contributed by atoms with Gasteiger partial charge in [-0.2, -0.15) is 0 Å². The second-order valence-electron chi connectivity index (χ2n) is 7.28. The smallest absolute Gasteiger partial charge is 0.276 e. The van der Waals surface area contributed by atoms with Gasteiger partial charge in [0.05, 0.1) is 6.04 Å². The maximum Gasteiger partial charge on any atom is 0.276 e. The van der Waals surface area contributed by atoms with Crippen molar-refractivity contribution < 1.29 is 9.32 Å². The number of aromatic nitrogens is 3. The Morgan fingerprint density at radius 1 is 1.33 bits per heavy atom. The Kier molecular flexibility index (Phi) is 3.90. The van der Waals surface area contributed by atoms with Crippen molar-refractivity contribution >= 4 is 5.91 Å². The number of hydrogen-bond acceptors (Lipinski definition) is 4. The molecule has 0 N–H and O–H groups in total. The van der Waals surface area contributed by atoms with Crippen molar-refractivity contribution in [2.45, 2.75) is 57.4 Å². The van der Waals surface area contributed by atoms with E-state index in [1.54, 1.807) is 0 Å². The summed E-state index contributed by atoms with van der Waals surface area (Å²) in [6, 6.07) is 2.12. The molecular formula is C18H24N4O2. The van der Waals surface area contributed by atoms with E-state index in [4.69, 9.17) is 4.52 Å². The van der Waals surface area contributed by atoms with Crippen LogP contribution in [-0.4, -0.2) is 38.6 Å². The highest BCUT2D eigenvalue weighted by Gasteiger charge is 2.32. The van der Waals surface area contributed by atoms with Crippen LogP contribution in [0.15, 0.2) is 23.0 Å². The van der Waals surface area contributed by atoms with Crippen molar-refractivity contribution in [1.82, 2.24) is 19.6 Å². The van der Waals surface area contributed by atoms with Crippen molar-refractivity contribution in [3.63, 3.8) is 0 Å². The first kappa shape index (κ1) is 15.4. The monoisotopic (exact) mass is 328 g/mol. The van der Waals surface area contributed by atoms with Crippen molar-refractivity contribution in [2.24, 2.45) is 0 Å². The van der Waals surface area contributed by atoms with E-state index in [0.717, 1.165) is 43.8 Å². The lowest BCUT2D eigenvalue weighted by Crippen LogP contribution is -2.41. The highest BCUT2D eigenvalue weighted by molar-refractivity contribution is 5.92. The highest BCUT2D eigenvalue weighted by atomic mass is 16.5. The summed E-state index contributed by atoms with van der Waals surface area (Å²) >= 11 is 0. The van der Waals surface area contributed by atoms with Crippen molar-refractivity contribution in [3.8, 4) is 0 Å². The van der Waals surface area contributed by atoms with Crippen molar-refractivity contribution in [3.05, 3.63) is 35.7 Å². The number of piperidine rings is 1. The second-order valence-corrected chi connectivity index (χ2v) is 7.28. The van der Waals surface area contributed by atoms with Crippen molar-refractivity contribution in [1.29, 1.82) is 0 Å². The summed E-state index contributed by atoms with van der Waals surface area (Å²) in [6.45, 7) is 5.80. The molecule has 0 aromatic carbocycles. The zero-order chi connectivity index (χ0) is 16.7. The lowest BCUT2D eigenvalue weighted by Gasteiger charge is -2.34. The summed E-state index contributed by atoms with van der Waals surface area (Å²) in [7, 11) is 0. The van der Waals surface area contributed by atoms with E-state index >= 15 is 0 Å². The zero-order valence-corrected chi connectivity index (χ0v) is 14.3. The Bertz CT molecular complexity index is 729. The molecule has 0 radical (unpaired) electrons. The minimum Gasteiger partial charge on any atom is -0.360 e. The average molecular weight is 328 g/mol. The molecule has 2 aromatic heterocycles. The fourth-order valence-electron chi connectivity index (χ4n) is 3.56. The molecule has 6 nitrogen and oxygen atoms in total. The summed E-state index contributed by atoms with van der Waals surface area (Å²) in [5.41, 5.74) is 0.451. The Hall–Kier alpha value is -2.11. The number of hydrogen-bond donors (Lipinski definition) is 0. The molecule has 128 valence electrons. The zero-order valence-electron chi connectivity index (χ0n) is 14.3. The Morgan fingerprint density at radius 2 is 2.17 bits per heavy atom. The SMILES string of the molecule is CC(C)c1nccn1[C@@H]1CCCN(C(=O)c2cc(C3CC3)on2)C1. The first-order valence-electron chi connectivity index (χ1n) is 8.92. The average Bonchev–Trinajstić information content (AvgIpc) is 3.13. The molecule has 4 rings (SSSR count). The highest BCUT2D eigenvalue weighted by Crippen LogP contribution is 2.40. The van der Waals surface area contributed by atoms with Gasteiger partial charge in [0.15, 0.2) is 5.69 Å². The van der Waals surface area contributed by atoms with E-state index in [9.17, 15) is 4.79 Å². The molecule has 0 spiro atoms. The Balaban J connectivity index is 1.49. The van der Waals surface area contributed by atoms with E-state index in [1.165, 1.54) is 0 Å². The molecule has 1 saturated carbocycles. The number of amides is 1. The van der Waals surface area contributed by atoms with Gasteiger partial charge in [0.1, 0.15) is 11.6 Å². The van der Waals surface area contributed by atoms with Crippen LogP contribution in [0.5, 0.6) is 0 Å². The predicted octanol–water partition coefficient (Wildman–Crippen LogP) is 3.35. The van der Waals surface area contributed by atoms with Gasteiger partial charge in [0, 0.05) is 43.4 Å². The van der Waals surface area contributed by atoms with Gasteiger partial charge >= 0.3 is 0 Å². The van der Waals surface area contributed by atoms with Crippen LogP contribution in [0.4, 0.5) is 0 Å². The Morgan fingerprint density at radius 3 is 2.92 bits per heavy atom. The lowest BCUT2D eigenvalue weighted by atomic mass is 10.0. The maximum atomic E-state index is 12.8. The van der Waals surface area contributed by atoms with Gasteiger partial charge in [-0.3, -0.25) is 4.79 Å². The molecule has 24 heavy (non-hydrogen) atoms. The molecule has 2 aromatic rings. The van der Waals surface area contributed by atoms with Crippen LogP contribution in [0.25, 0.3) is 0 Å². The van der Waals surface area contributed by atoms with E-state index in [-0.39, 0.29) is 11.9 Å². The van der Waals surface area contributed by atoms with Gasteiger partial charge in [-0.05, 0) is 25.7 Å². The van der Waals surface area contributed by atoms with E-state index in [0.29, 0.717) is 24.1 Å². The molecule has 6 heteroatoms. The summed E-state index contributed by atoms with van der Waals surface area (Å²) in [6.07, 6.45) is 8.26. The summed E-state index contributed by atoms with van der Waals surface area (Å²) < 4.78 is 7.58. The lowest BCUT2D eigenvalue weighted by molar-refractivity contribution is 0.0667. The van der Waals surface area contributed by atoms with Gasteiger partial charge in [-0.15, -0.1) is 0 Å². The van der Waals surface area contributed by atoms with E-state index in [2.05, 4.69) is 28.6 Å². The molecular weight excluding hydrogens is 304 g/mol. The minimum absolute atomic E-state index is 0.0124. The molecule has 1 aliphatic heterocycles. The molecule has 1 atom stereocenters. The third kappa shape index (κ3) is 2.85. The topological polar surface area (TPSA) is 64.2 Å². The van der Waals surface area contributed by atoms with Crippen LogP contribution < -0.4 is 0 Å². The number of rotatable bonds is 4. The largest absolute Gasteiger partial charge is 0.360 e. The maximum absolute atomic E-state index is 12.8. The third-order valence-corrected chi connectivity index (χ3v) is 5.02. The van der Waals surface area contributed by atoms with E-state index in [1.807, 2.05) is 23.4 Å². The van der Waals surface area contributed by atoms with Gasteiger partial charge < -0.3 is 14.0 Å². The summed E-state index contributed by atoms with van der Waals surface area (Å²) in [5, 5.41) is 4.00. The first-order valence-corrected chi connectivity index (χ1v) is 8.92. The third-order valence-electron chi connectivity index (χ3n) is 5.02. The fraction of sp³-hybridized carbons (Fsp3) is 0.611. The molecule has 1 amide bonds. The molecule has 3 heterocycles. The number of carbonyl (C=O) groups excluding carboxylic acids is 1. The second kappa shape index (κ2) is 6.07. The van der Waals surface area contributed by atoms with Crippen LogP contribution in [0.2, 0.25) is 0 Å². The minimum atomic E-state index is -0.0124. The van der Waals surface area contributed by atoms with Crippen LogP contribution >= 0.6 is 0 Å². The van der Waals surface area contributed by atoms with E-state index < -0.39 is 0 Å². The predicted molar refractivity (Wildman–Crippen MR) is 89.0 cm³/mol. The Labute approximate surface area is 141 Å². The first-order chi connectivity index (χ1) is 11.6. The molecule has 1 saturated heterocycles. The van der Waals surface area contributed by atoms with Crippen LogP contribution in [0, 0.1) is 0 Å². The normalized spacial score (nSPS) is 21.5.